The van der Waals surface area contributed by atoms with Crippen molar-refractivity contribution in [1.82, 2.24) is 10.2 Å². The zero-order valence-corrected chi connectivity index (χ0v) is 11.0. The predicted octanol–water partition coefficient (Wildman–Crippen LogP) is 2.64. The summed E-state index contributed by atoms with van der Waals surface area (Å²) < 4.78 is 0. The molecule has 0 amide bonds. The minimum atomic E-state index is 0.769. The second-order valence-corrected chi connectivity index (χ2v) is 5.53. The number of nitrogens with zero attached hydrogens (tertiary/aromatic N) is 1. The van der Waals surface area contributed by atoms with Crippen LogP contribution >= 0.6 is 0 Å². The summed E-state index contributed by atoms with van der Waals surface area (Å²) in [6.07, 6.45) is 8.71. The first-order chi connectivity index (χ1) is 7.85. The first kappa shape index (κ1) is 12.4. The normalized spacial score (nSPS) is 24.2. The minimum absolute atomic E-state index is 0.769. The lowest BCUT2D eigenvalue weighted by Gasteiger charge is -2.32. The number of hydrogen-bond donors (Lipinski definition) is 1. The monoisotopic (exact) mass is 224 g/mol. The molecule has 0 aromatic carbocycles. The summed E-state index contributed by atoms with van der Waals surface area (Å²) in [7, 11) is 0. The Kier molecular flexibility index (Phi) is 4.66. The maximum absolute atomic E-state index is 3.69. The van der Waals surface area contributed by atoms with Crippen LogP contribution in [0.15, 0.2) is 0 Å². The van der Waals surface area contributed by atoms with E-state index in [1.807, 2.05) is 0 Å². The molecule has 2 saturated carbocycles. The molecule has 0 bridgehead atoms. The number of hydrogen-bond acceptors (Lipinski definition) is 2. The van der Waals surface area contributed by atoms with E-state index in [0.29, 0.717) is 0 Å². The molecule has 2 aliphatic rings. The Morgan fingerprint density at radius 2 is 1.81 bits per heavy atom. The molecule has 0 saturated heterocycles. The Morgan fingerprint density at radius 3 is 2.31 bits per heavy atom. The fraction of sp³-hybridized carbons (Fsp3) is 1.00. The summed E-state index contributed by atoms with van der Waals surface area (Å²) in [6.45, 7) is 8.22. The Labute approximate surface area is 101 Å². The molecule has 1 N–H and O–H groups in total. The van der Waals surface area contributed by atoms with E-state index in [0.717, 1.165) is 24.5 Å². The van der Waals surface area contributed by atoms with Crippen LogP contribution in [0.25, 0.3) is 0 Å². The van der Waals surface area contributed by atoms with Gasteiger partial charge in [0.05, 0.1) is 0 Å². The molecule has 2 heteroatoms. The van der Waals surface area contributed by atoms with Crippen LogP contribution in [0.4, 0.5) is 0 Å². The summed E-state index contributed by atoms with van der Waals surface area (Å²) in [6, 6.07) is 1.66. The van der Waals surface area contributed by atoms with Crippen LogP contribution in [0.2, 0.25) is 0 Å². The average molecular weight is 224 g/mol. The summed E-state index contributed by atoms with van der Waals surface area (Å²) in [4.78, 5) is 2.73. The summed E-state index contributed by atoms with van der Waals surface area (Å²) in [5, 5.41) is 3.69. The van der Waals surface area contributed by atoms with Gasteiger partial charge in [-0.15, -0.1) is 0 Å². The van der Waals surface area contributed by atoms with E-state index in [2.05, 4.69) is 24.1 Å². The van der Waals surface area contributed by atoms with Crippen LogP contribution in [0.3, 0.4) is 0 Å². The van der Waals surface area contributed by atoms with E-state index in [1.54, 1.807) is 0 Å². The lowest BCUT2D eigenvalue weighted by atomic mass is 10.1. The molecule has 2 aliphatic carbocycles. The van der Waals surface area contributed by atoms with E-state index < -0.39 is 0 Å². The first-order valence-corrected chi connectivity index (χ1v) is 7.32. The van der Waals surface area contributed by atoms with Crippen LogP contribution in [0.1, 0.15) is 52.4 Å². The molecule has 0 aliphatic heterocycles. The molecule has 0 aromatic heterocycles. The van der Waals surface area contributed by atoms with Gasteiger partial charge < -0.3 is 5.32 Å². The Bertz CT molecular complexity index is 195. The number of nitrogens with one attached hydrogen (secondary N) is 1. The maximum Gasteiger partial charge on any atom is 0.0223 e. The van der Waals surface area contributed by atoms with E-state index in [4.69, 9.17) is 0 Å². The average Bonchev–Trinajstić information content (AvgIpc) is 3.00. The van der Waals surface area contributed by atoms with Crippen LogP contribution in [0.5, 0.6) is 0 Å². The van der Waals surface area contributed by atoms with E-state index in [-0.39, 0.29) is 0 Å². The summed E-state index contributed by atoms with van der Waals surface area (Å²) in [5.41, 5.74) is 0. The minimum Gasteiger partial charge on any atom is -0.313 e. The highest BCUT2D eigenvalue weighted by Gasteiger charge is 2.33. The van der Waals surface area contributed by atoms with Crippen molar-refractivity contribution in [2.75, 3.05) is 19.6 Å². The molecular weight excluding hydrogens is 196 g/mol. The van der Waals surface area contributed by atoms with E-state index in [9.17, 15) is 0 Å². The third-order valence-electron chi connectivity index (χ3n) is 4.34. The van der Waals surface area contributed by atoms with Gasteiger partial charge in [0, 0.05) is 18.6 Å². The van der Waals surface area contributed by atoms with Crippen molar-refractivity contribution in [2.24, 2.45) is 5.92 Å². The molecule has 0 aromatic rings. The molecule has 0 heterocycles. The van der Waals surface area contributed by atoms with Gasteiger partial charge in [-0.1, -0.05) is 26.7 Å². The van der Waals surface area contributed by atoms with Crippen LogP contribution in [0, 0.1) is 5.92 Å². The molecule has 1 unspecified atom stereocenters. The molecule has 16 heavy (non-hydrogen) atoms. The van der Waals surface area contributed by atoms with Gasteiger partial charge in [0.15, 0.2) is 0 Å². The van der Waals surface area contributed by atoms with Crippen molar-refractivity contribution in [2.45, 2.75) is 64.5 Å². The van der Waals surface area contributed by atoms with Crippen molar-refractivity contribution in [1.29, 1.82) is 0 Å². The van der Waals surface area contributed by atoms with Crippen molar-refractivity contribution in [3.05, 3.63) is 0 Å². The fourth-order valence-electron chi connectivity index (χ4n) is 3.20. The third-order valence-corrected chi connectivity index (χ3v) is 4.34. The molecule has 1 atom stereocenters. The van der Waals surface area contributed by atoms with Gasteiger partial charge >= 0.3 is 0 Å². The standard InChI is InChI=1S/C14H28N2/c1-3-15-14(12-9-10-12)11-16(4-2)13-7-5-6-8-13/h12-15H,3-11H2,1-2H3. The second kappa shape index (κ2) is 6.02. The largest absolute Gasteiger partial charge is 0.313 e. The lowest BCUT2D eigenvalue weighted by molar-refractivity contribution is 0.180. The fourth-order valence-corrected chi connectivity index (χ4v) is 3.20. The van der Waals surface area contributed by atoms with Crippen molar-refractivity contribution >= 4 is 0 Å². The maximum atomic E-state index is 3.69. The highest BCUT2D eigenvalue weighted by Crippen LogP contribution is 2.34. The highest BCUT2D eigenvalue weighted by molar-refractivity contribution is 4.90. The second-order valence-electron chi connectivity index (χ2n) is 5.53. The SMILES string of the molecule is CCNC(CN(CC)C1CCCC1)C1CC1. The third kappa shape index (κ3) is 3.21. The van der Waals surface area contributed by atoms with Gasteiger partial charge in [0.2, 0.25) is 0 Å². The van der Waals surface area contributed by atoms with Crippen LogP contribution in [-0.2, 0) is 0 Å². The predicted molar refractivity (Wildman–Crippen MR) is 69.7 cm³/mol. The van der Waals surface area contributed by atoms with Gasteiger partial charge in [0.25, 0.3) is 0 Å². The van der Waals surface area contributed by atoms with Gasteiger partial charge in [-0.3, -0.25) is 4.90 Å². The number of rotatable bonds is 7. The quantitative estimate of drug-likeness (QED) is 0.715. The van der Waals surface area contributed by atoms with Gasteiger partial charge in [0.1, 0.15) is 0 Å². The van der Waals surface area contributed by atoms with E-state index >= 15 is 0 Å². The highest BCUT2D eigenvalue weighted by atomic mass is 15.2. The molecule has 94 valence electrons. The van der Waals surface area contributed by atoms with Gasteiger partial charge in [-0.05, 0) is 44.7 Å². The lowest BCUT2D eigenvalue weighted by Crippen LogP contribution is -2.45. The zero-order valence-electron chi connectivity index (χ0n) is 11.0. The van der Waals surface area contributed by atoms with Crippen LogP contribution in [-0.4, -0.2) is 36.6 Å². The summed E-state index contributed by atoms with van der Waals surface area (Å²) in [5.74, 6) is 0.982. The smallest absolute Gasteiger partial charge is 0.0223 e. The van der Waals surface area contributed by atoms with Crippen LogP contribution < -0.4 is 5.32 Å². The Hall–Kier alpha value is -0.0800. The summed E-state index contributed by atoms with van der Waals surface area (Å²) >= 11 is 0. The Balaban J connectivity index is 1.82. The molecule has 2 rings (SSSR count). The van der Waals surface area contributed by atoms with Crippen molar-refractivity contribution < 1.29 is 0 Å². The van der Waals surface area contributed by atoms with Gasteiger partial charge in [-0.2, -0.15) is 0 Å². The molecule has 0 spiro atoms. The molecular formula is C14H28N2. The zero-order chi connectivity index (χ0) is 11.4. The van der Waals surface area contributed by atoms with Crippen molar-refractivity contribution in [3.8, 4) is 0 Å². The molecule has 2 nitrogen and oxygen atoms in total. The van der Waals surface area contributed by atoms with Gasteiger partial charge in [-0.25, -0.2) is 0 Å². The molecule has 2 fully saturated rings. The number of likely N-dealkylation sites (N-methyl/N-ethyl adjacent to an activating group) is 2. The van der Waals surface area contributed by atoms with Crippen molar-refractivity contribution in [3.63, 3.8) is 0 Å². The molecule has 0 radical (unpaired) electrons. The topological polar surface area (TPSA) is 15.3 Å². The first-order valence-electron chi connectivity index (χ1n) is 7.32. The van der Waals surface area contributed by atoms with E-state index in [1.165, 1.54) is 51.6 Å². The Morgan fingerprint density at radius 1 is 1.12 bits per heavy atom.